The van der Waals surface area contributed by atoms with Crippen molar-refractivity contribution in [3.05, 3.63) is 29.3 Å². The number of sulfonamides is 1. The largest absolute Gasteiger partial charge is 0.448 e. The second-order valence-electron chi connectivity index (χ2n) is 9.11. The first-order valence-corrected chi connectivity index (χ1v) is 13.7. The summed E-state index contributed by atoms with van der Waals surface area (Å²) < 4.78 is 33.5. The van der Waals surface area contributed by atoms with Gasteiger partial charge in [-0.15, -0.1) is 0 Å². The minimum Gasteiger partial charge on any atom is -0.448 e. The maximum Gasteiger partial charge on any atom is 0.409 e. The molecule has 1 amide bonds. The maximum atomic E-state index is 13.2. The van der Waals surface area contributed by atoms with Gasteiger partial charge >= 0.3 is 6.09 Å². The van der Waals surface area contributed by atoms with Crippen molar-refractivity contribution in [1.82, 2.24) is 14.1 Å². The zero-order valence-corrected chi connectivity index (χ0v) is 20.2. The molecule has 2 saturated heterocycles. The first-order chi connectivity index (χ1) is 15.4. The number of amides is 1. The fourth-order valence-corrected chi connectivity index (χ4v) is 6.98. The minimum absolute atomic E-state index is 0.0918. The fourth-order valence-electron chi connectivity index (χ4n) is 5.17. The average Bonchev–Trinajstić information content (AvgIpc) is 2.83. The van der Waals surface area contributed by atoms with Gasteiger partial charge in [0.05, 0.1) is 10.9 Å². The number of carbonyl (C=O) groups is 1. The molecule has 1 aromatic carbocycles. The van der Waals surface area contributed by atoms with Crippen molar-refractivity contribution in [3.8, 4) is 0 Å². The lowest BCUT2D eigenvalue weighted by Gasteiger charge is -2.40. The maximum absolute atomic E-state index is 13.2. The molecule has 1 aromatic rings. The Morgan fingerprint density at radius 2 is 1.56 bits per heavy atom. The summed E-state index contributed by atoms with van der Waals surface area (Å²) >= 11 is 5.91. The number of hydrogen-bond donors (Lipinski definition) is 0. The first-order valence-electron chi connectivity index (χ1n) is 11.9. The molecule has 1 aliphatic carbocycles. The first kappa shape index (κ1) is 23.8. The van der Waals surface area contributed by atoms with Gasteiger partial charge in [0, 0.05) is 43.8 Å². The minimum atomic E-state index is -3.66. The van der Waals surface area contributed by atoms with Gasteiger partial charge in [0.1, 0.15) is 6.61 Å². The number of piperidine rings is 1. The fraction of sp³-hybridized carbons (Fsp3) is 0.696. The third-order valence-electron chi connectivity index (χ3n) is 7.06. The molecule has 4 rings (SSSR count). The smallest absolute Gasteiger partial charge is 0.409 e. The van der Waals surface area contributed by atoms with Gasteiger partial charge in [-0.05, 0) is 49.9 Å². The van der Waals surface area contributed by atoms with Gasteiger partial charge in [-0.25, -0.2) is 13.2 Å². The molecular formula is C23H34ClN3O4S. The van der Waals surface area contributed by atoms with Gasteiger partial charge < -0.3 is 9.64 Å². The van der Waals surface area contributed by atoms with Crippen LogP contribution in [0.25, 0.3) is 0 Å². The Morgan fingerprint density at radius 3 is 2.25 bits per heavy atom. The van der Waals surface area contributed by atoms with Crippen LogP contribution in [-0.4, -0.2) is 80.0 Å². The summed E-state index contributed by atoms with van der Waals surface area (Å²) in [5.74, 6) is 0. The third-order valence-corrected chi connectivity index (χ3v) is 9.27. The van der Waals surface area contributed by atoms with Gasteiger partial charge in [-0.1, -0.05) is 37.3 Å². The molecule has 2 heterocycles. The van der Waals surface area contributed by atoms with E-state index in [1.54, 1.807) is 17.0 Å². The summed E-state index contributed by atoms with van der Waals surface area (Å²) in [6.45, 7) is 3.65. The molecule has 0 aromatic heterocycles. The van der Waals surface area contributed by atoms with Crippen LogP contribution in [0.3, 0.4) is 0 Å². The summed E-state index contributed by atoms with van der Waals surface area (Å²) in [5.41, 5.74) is 0. The Kier molecular flexibility index (Phi) is 7.97. The normalized spacial score (nSPS) is 24.4. The number of piperazine rings is 1. The van der Waals surface area contributed by atoms with E-state index in [-0.39, 0.29) is 23.6 Å². The van der Waals surface area contributed by atoms with Crippen molar-refractivity contribution in [3.63, 3.8) is 0 Å². The van der Waals surface area contributed by atoms with E-state index < -0.39 is 10.0 Å². The van der Waals surface area contributed by atoms with E-state index in [1.807, 2.05) is 0 Å². The second-order valence-corrected chi connectivity index (χ2v) is 11.4. The topological polar surface area (TPSA) is 70.2 Å². The van der Waals surface area contributed by atoms with Gasteiger partial charge in [-0.3, -0.25) is 4.90 Å². The standard InChI is InChI=1S/C23H34ClN3O4S/c24-19-9-11-22(12-10-19)32(29,30)27-13-5-4-8-21(27)18-31-23(28)26-16-14-25(15-17-26)20-6-2-1-3-7-20/h9-12,20-21H,1-8,13-18H2/t21-/m0/s1. The summed E-state index contributed by atoms with van der Waals surface area (Å²) in [4.78, 5) is 17.2. The van der Waals surface area contributed by atoms with E-state index in [0.29, 0.717) is 37.1 Å². The van der Waals surface area contributed by atoms with Crippen LogP contribution < -0.4 is 0 Å². The highest BCUT2D eigenvalue weighted by atomic mass is 35.5. The molecule has 3 fully saturated rings. The van der Waals surface area contributed by atoms with E-state index >= 15 is 0 Å². The van der Waals surface area contributed by atoms with E-state index in [2.05, 4.69) is 4.90 Å². The highest BCUT2D eigenvalue weighted by Gasteiger charge is 2.35. The molecule has 0 N–H and O–H groups in total. The van der Waals surface area contributed by atoms with Crippen LogP contribution in [0.4, 0.5) is 4.79 Å². The van der Waals surface area contributed by atoms with Crippen LogP contribution in [0.1, 0.15) is 51.4 Å². The number of rotatable bonds is 5. The number of benzene rings is 1. The molecule has 0 unspecified atom stereocenters. The van der Waals surface area contributed by atoms with Crippen molar-refractivity contribution < 1.29 is 17.9 Å². The molecule has 0 spiro atoms. The van der Waals surface area contributed by atoms with E-state index in [9.17, 15) is 13.2 Å². The number of nitrogens with zero attached hydrogens (tertiary/aromatic N) is 3. The van der Waals surface area contributed by atoms with E-state index in [0.717, 1.165) is 25.9 Å². The lowest BCUT2D eigenvalue weighted by Crippen LogP contribution is -2.53. The number of carbonyl (C=O) groups excluding carboxylic acids is 1. The van der Waals surface area contributed by atoms with E-state index in [1.165, 1.54) is 48.5 Å². The molecule has 1 saturated carbocycles. The quantitative estimate of drug-likeness (QED) is 0.633. The predicted molar refractivity (Wildman–Crippen MR) is 124 cm³/mol. The Bertz CT molecular complexity index is 866. The Morgan fingerprint density at radius 1 is 0.906 bits per heavy atom. The van der Waals surface area contributed by atoms with Crippen molar-refractivity contribution in [2.45, 2.75) is 68.3 Å². The molecule has 0 bridgehead atoms. The van der Waals surface area contributed by atoms with E-state index in [4.69, 9.17) is 16.3 Å². The zero-order chi connectivity index (χ0) is 22.6. The Balaban J connectivity index is 1.31. The monoisotopic (exact) mass is 483 g/mol. The molecule has 9 heteroatoms. The van der Waals surface area contributed by atoms with Crippen molar-refractivity contribution in [2.75, 3.05) is 39.3 Å². The van der Waals surface area contributed by atoms with Gasteiger partial charge in [0.15, 0.2) is 0 Å². The molecular weight excluding hydrogens is 450 g/mol. The second kappa shape index (κ2) is 10.7. The molecule has 3 aliphatic rings. The molecule has 1 atom stereocenters. The van der Waals surface area contributed by atoms with Crippen LogP contribution in [-0.2, 0) is 14.8 Å². The van der Waals surface area contributed by atoms with Crippen molar-refractivity contribution in [2.24, 2.45) is 0 Å². The van der Waals surface area contributed by atoms with Gasteiger partial charge in [0.25, 0.3) is 0 Å². The predicted octanol–water partition coefficient (Wildman–Crippen LogP) is 3.97. The highest BCUT2D eigenvalue weighted by molar-refractivity contribution is 7.89. The summed E-state index contributed by atoms with van der Waals surface area (Å²) in [6, 6.07) is 6.55. The lowest BCUT2D eigenvalue weighted by molar-refractivity contribution is 0.0439. The number of ether oxygens (including phenoxy) is 1. The van der Waals surface area contributed by atoms with Crippen LogP contribution >= 0.6 is 11.6 Å². The van der Waals surface area contributed by atoms with Crippen LogP contribution in [0, 0.1) is 0 Å². The zero-order valence-electron chi connectivity index (χ0n) is 18.6. The summed E-state index contributed by atoms with van der Waals surface area (Å²) in [5, 5.41) is 0.497. The average molecular weight is 484 g/mol. The van der Waals surface area contributed by atoms with Gasteiger partial charge in [-0.2, -0.15) is 4.31 Å². The number of halogens is 1. The summed E-state index contributed by atoms with van der Waals surface area (Å²) in [7, 11) is -3.66. The molecule has 2 aliphatic heterocycles. The molecule has 32 heavy (non-hydrogen) atoms. The molecule has 0 radical (unpaired) electrons. The van der Waals surface area contributed by atoms with Crippen molar-refractivity contribution >= 4 is 27.7 Å². The van der Waals surface area contributed by atoms with Crippen LogP contribution in [0.5, 0.6) is 0 Å². The molecule has 178 valence electrons. The van der Waals surface area contributed by atoms with Crippen LogP contribution in [0.2, 0.25) is 5.02 Å². The lowest BCUT2D eigenvalue weighted by atomic mass is 9.94. The number of hydrogen-bond acceptors (Lipinski definition) is 5. The Hall–Kier alpha value is -1.35. The third kappa shape index (κ3) is 5.58. The summed E-state index contributed by atoms with van der Waals surface area (Å²) in [6.07, 6.45) is 8.59. The van der Waals surface area contributed by atoms with Crippen molar-refractivity contribution in [1.29, 1.82) is 0 Å². The van der Waals surface area contributed by atoms with Crippen LogP contribution in [0.15, 0.2) is 29.2 Å². The highest BCUT2D eigenvalue weighted by Crippen LogP contribution is 2.27. The molecule has 7 nitrogen and oxygen atoms in total. The SMILES string of the molecule is O=C(OC[C@@H]1CCCCN1S(=O)(=O)c1ccc(Cl)cc1)N1CCN(C2CCCCC2)CC1. The Labute approximate surface area is 196 Å². The van der Waals surface area contributed by atoms with Gasteiger partial charge in [0.2, 0.25) is 10.0 Å².